The Morgan fingerprint density at radius 2 is 1.87 bits per heavy atom. The molecule has 2 saturated heterocycles. The van der Waals surface area contributed by atoms with E-state index in [1.54, 1.807) is 30.5 Å². The van der Waals surface area contributed by atoms with Crippen molar-refractivity contribution in [2.24, 2.45) is 5.92 Å². The Morgan fingerprint density at radius 3 is 2.56 bits per heavy atom. The molecule has 2 aliphatic rings. The summed E-state index contributed by atoms with van der Waals surface area (Å²) in [5, 5.41) is 5.37. The number of aromatic nitrogens is 3. The van der Waals surface area contributed by atoms with Gasteiger partial charge in [0.25, 0.3) is 17.1 Å². The van der Waals surface area contributed by atoms with Gasteiger partial charge in [0, 0.05) is 43.9 Å². The van der Waals surface area contributed by atoms with Crippen LogP contribution in [-0.4, -0.2) is 45.7 Å². The molecule has 2 N–H and O–H groups in total. The number of carbonyl (C=O) groups is 2. The molecule has 1 aromatic carbocycles. The highest BCUT2D eigenvalue weighted by atomic mass is 32.2. The quantitative estimate of drug-likeness (QED) is 0.379. The van der Waals surface area contributed by atoms with Crippen molar-refractivity contribution in [3.8, 4) is 11.3 Å². The SMILES string of the molecule is CC(F)(F)c1ccc(-c2cccc(CNCC3CCN(c4nccc(/C=C5\SC(=O)NC5=O)n4)CC3)n2)cc1. The number of anilines is 1. The molecule has 2 aromatic heterocycles. The fourth-order valence-electron chi connectivity index (χ4n) is 4.56. The van der Waals surface area contributed by atoms with Gasteiger partial charge in [-0.2, -0.15) is 0 Å². The molecule has 2 fully saturated rings. The van der Waals surface area contributed by atoms with Crippen LogP contribution < -0.4 is 15.5 Å². The summed E-state index contributed by atoms with van der Waals surface area (Å²) in [5.74, 6) is -2.15. The van der Waals surface area contributed by atoms with E-state index in [-0.39, 0.29) is 10.8 Å². The van der Waals surface area contributed by atoms with Gasteiger partial charge >= 0.3 is 0 Å². The Kier molecular flexibility index (Phi) is 7.99. The monoisotopic (exact) mass is 550 g/mol. The highest BCUT2D eigenvalue weighted by Crippen LogP contribution is 2.29. The molecule has 0 spiro atoms. The molecule has 0 saturated carbocycles. The zero-order valence-electron chi connectivity index (χ0n) is 21.4. The molecule has 0 bridgehead atoms. The fourth-order valence-corrected chi connectivity index (χ4v) is 5.23. The minimum absolute atomic E-state index is 0.0124. The third-order valence-corrected chi connectivity index (χ3v) is 7.53. The average Bonchev–Trinajstić information content (AvgIpc) is 3.25. The van der Waals surface area contributed by atoms with Gasteiger partial charge in [0.05, 0.1) is 22.0 Å². The first-order valence-corrected chi connectivity index (χ1v) is 13.5. The summed E-state index contributed by atoms with van der Waals surface area (Å²) >= 11 is 0.868. The number of alkyl halides is 2. The van der Waals surface area contributed by atoms with Crippen LogP contribution in [0.15, 0.2) is 59.6 Å². The summed E-state index contributed by atoms with van der Waals surface area (Å²) in [4.78, 5) is 39.3. The number of piperidine rings is 1. The van der Waals surface area contributed by atoms with Gasteiger partial charge in [0.1, 0.15) is 0 Å². The van der Waals surface area contributed by atoms with Gasteiger partial charge in [0.15, 0.2) is 0 Å². The lowest BCUT2D eigenvalue weighted by atomic mass is 9.97. The molecular weight excluding hydrogens is 522 g/mol. The number of hydrogen-bond donors (Lipinski definition) is 2. The van der Waals surface area contributed by atoms with Crippen LogP contribution in [0.5, 0.6) is 0 Å². The van der Waals surface area contributed by atoms with E-state index in [1.165, 1.54) is 12.1 Å². The lowest BCUT2D eigenvalue weighted by Crippen LogP contribution is -2.38. The van der Waals surface area contributed by atoms with E-state index in [0.717, 1.165) is 68.1 Å². The molecule has 2 amide bonds. The summed E-state index contributed by atoms with van der Waals surface area (Å²) in [6, 6.07) is 13.7. The Labute approximate surface area is 229 Å². The predicted molar refractivity (Wildman–Crippen MR) is 147 cm³/mol. The number of halogens is 2. The van der Waals surface area contributed by atoms with Crippen molar-refractivity contribution in [2.45, 2.75) is 32.2 Å². The molecule has 2 aliphatic heterocycles. The number of thioether (sulfide) groups is 1. The summed E-state index contributed by atoms with van der Waals surface area (Å²) in [6.07, 6.45) is 5.23. The Hall–Kier alpha value is -3.70. The summed E-state index contributed by atoms with van der Waals surface area (Å²) in [6.45, 7) is 4.01. The molecule has 0 aliphatic carbocycles. The second-order valence-electron chi connectivity index (χ2n) is 9.67. The van der Waals surface area contributed by atoms with Gasteiger partial charge in [0.2, 0.25) is 5.95 Å². The third-order valence-electron chi connectivity index (χ3n) is 6.72. The highest BCUT2D eigenvalue weighted by Gasteiger charge is 2.26. The van der Waals surface area contributed by atoms with Crippen molar-refractivity contribution < 1.29 is 18.4 Å². The molecule has 11 heteroatoms. The number of pyridine rings is 1. The minimum Gasteiger partial charge on any atom is -0.341 e. The van der Waals surface area contributed by atoms with Crippen LogP contribution in [0, 0.1) is 5.92 Å². The Morgan fingerprint density at radius 1 is 1.10 bits per heavy atom. The molecule has 39 heavy (non-hydrogen) atoms. The van der Waals surface area contributed by atoms with E-state index in [4.69, 9.17) is 4.98 Å². The van der Waals surface area contributed by atoms with E-state index in [9.17, 15) is 18.4 Å². The topological polar surface area (TPSA) is 100 Å². The van der Waals surface area contributed by atoms with Crippen LogP contribution in [0.1, 0.15) is 36.7 Å². The zero-order valence-corrected chi connectivity index (χ0v) is 22.2. The number of amides is 2. The van der Waals surface area contributed by atoms with Crippen molar-refractivity contribution in [3.05, 3.63) is 76.6 Å². The molecule has 0 unspecified atom stereocenters. The first-order valence-electron chi connectivity index (χ1n) is 12.7. The average molecular weight is 551 g/mol. The van der Waals surface area contributed by atoms with Crippen molar-refractivity contribution in [1.29, 1.82) is 0 Å². The van der Waals surface area contributed by atoms with Crippen molar-refractivity contribution in [2.75, 3.05) is 24.5 Å². The molecule has 8 nitrogen and oxygen atoms in total. The third kappa shape index (κ3) is 6.85. The molecule has 5 rings (SSSR count). The fraction of sp³-hybridized carbons (Fsp3) is 0.321. The van der Waals surface area contributed by atoms with E-state index in [2.05, 4.69) is 25.5 Å². The summed E-state index contributed by atoms with van der Waals surface area (Å²) < 4.78 is 27.0. The van der Waals surface area contributed by atoms with E-state index >= 15 is 0 Å². The van der Waals surface area contributed by atoms with Crippen LogP contribution in [0.2, 0.25) is 0 Å². The van der Waals surface area contributed by atoms with Crippen molar-refractivity contribution >= 4 is 34.9 Å². The van der Waals surface area contributed by atoms with Crippen molar-refractivity contribution in [3.63, 3.8) is 0 Å². The smallest absolute Gasteiger partial charge is 0.290 e. The molecule has 0 radical (unpaired) electrons. The van der Waals surface area contributed by atoms with Gasteiger partial charge in [-0.25, -0.2) is 18.7 Å². The van der Waals surface area contributed by atoms with Gasteiger partial charge in [-0.1, -0.05) is 30.3 Å². The molecular formula is C28H28F2N6O2S. The number of hydrogen-bond acceptors (Lipinski definition) is 8. The van der Waals surface area contributed by atoms with E-state index in [1.807, 2.05) is 18.2 Å². The number of carbonyl (C=O) groups excluding carboxylic acids is 2. The number of nitrogens with one attached hydrogen (secondary N) is 2. The lowest BCUT2D eigenvalue weighted by Gasteiger charge is -2.32. The van der Waals surface area contributed by atoms with Crippen LogP contribution in [0.4, 0.5) is 19.5 Å². The normalized spacial score (nSPS) is 17.6. The molecule has 202 valence electrons. The van der Waals surface area contributed by atoms with Crippen LogP contribution >= 0.6 is 11.8 Å². The van der Waals surface area contributed by atoms with Crippen LogP contribution in [0.25, 0.3) is 17.3 Å². The van der Waals surface area contributed by atoms with Crippen molar-refractivity contribution in [1.82, 2.24) is 25.6 Å². The van der Waals surface area contributed by atoms with E-state index in [0.29, 0.717) is 29.0 Å². The maximum Gasteiger partial charge on any atom is 0.290 e. The zero-order chi connectivity index (χ0) is 27.4. The minimum atomic E-state index is -2.86. The first kappa shape index (κ1) is 26.9. The van der Waals surface area contributed by atoms with Gasteiger partial charge in [-0.3, -0.25) is 19.9 Å². The number of imide groups is 1. The largest absolute Gasteiger partial charge is 0.341 e. The molecule has 0 atom stereocenters. The number of benzene rings is 1. The van der Waals surface area contributed by atoms with Gasteiger partial charge in [-0.05, 0) is 61.3 Å². The highest BCUT2D eigenvalue weighted by molar-refractivity contribution is 8.18. The second kappa shape index (κ2) is 11.6. The summed E-state index contributed by atoms with van der Waals surface area (Å²) in [5.41, 5.74) is 3.03. The van der Waals surface area contributed by atoms with Crippen LogP contribution in [-0.2, 0) is 17.3 Å². The Bertz CT molecular complexity index is 1390. The second-order valence-corrected chi connectivity index (χ2v) is 10.7. The predicted octanol–water partition coefficient (Wildman–Crippen LogP) is 4.98. The molecule has 3 aromatic rings. The van der Waals surface area contributed by atoms with Gasteiger partial charge in [-0.15, -0.1) is 0 Å². The standard InChI is InChI=1S/C28H28F2N6O2S/c1-28(29,30)20-7-5-19(6-8-20)23-4-2-3-22(33-23)17-31-16-18-10-13-36(14-11-18)26-32-12-9-21(34-26)15-24-25(37)35-27(38)39-24/h2-9,12,15,18,31H,10-11,13-14,16-17H2,1H3,(H,35,37,38)/b24-15-. The number of nitrogens with zero attached hydrogens (tertiary/aromatic N) is 4. The Balaban J connectivity index is 1.11. The maximum atomic E-state index is 13.5. The van der Waals surface area contributed by atoms with Gasteiger partial charge < -0.3 is 10.2 Å². The van der Waals surface area contributed by atoms with Crippen LogP contribution in [0.3, 0.4) is 0 Å². The van der Waals surface area contributed by atoms with E-state index < -0.39 is 11.8 Å². The molecule has 4 heterocycles. The number of rotatable bonds is 8. The first-order chi connectivity index (χ1) is 18.7. The maximum absolute atomic E-state index is 13.5. The lowest BCUT2D eigenvalue weighted by molar-refractivity contribution is -0.115. The summed E-state index contributed by atoms with van der Waals surface area (Å²) in [7, 11) is 0.